The number of benzene rings is 2. The molecule has 0 aliphatic rings. The highest BCUT2D eigenvalue weighted by Crippen LogP contribution is 2.22. The average Bonchev–Trinajstić information content (AvgIpc) is 2.45. The molecule has 2 rings (SSSR count). The number of nitriles is 1. The van der Waals surface area contributed by atoms with E-state index in [2.05, 4.69) is 4.74 Å². The van der Waals surface area contributed by atoms with Crippen LogP contribution in [0.3, 0.4) is 0 Å². The fraction of sp³-hybridized carbons (Fsp3) is 0.0667. The van der Waals surface area contributed by atoms with Gasteiger partial charge in [-0.25, -0.2) is 22.4 Å². The topological polar surface area (TPSA) is 50.1 Å². The van der Waals surface area contributed by atoms with Gasteiger partial charge in [-0.05, 0) is 30.7 Å². The average molecular weight is 309 g/mol. The molecule has 0 bridgehead atoms. The van der Waals surface area contributed by atoms with Crippen LogP contribution in [0.2, 0.25) is 0 Å². The van der Waals surface area contributed by atoms with E-state index >= 15 is 0 Å². The molecule has 0 radical (unpaired) electrons. The molecule has 0 heterocycles. The molecule has 0 unspecified atom stereocenters. The van der Waals surface area contributed by atoms with Gasteiger partial charge in [-0.3, -0.25) is 0 Å². The monoisotopic (exact) mass is 309 g/mol. The minimum atomic E-state index is -1.68. The fourth-order valence-electron chi connectivity index (χ4n) is 1.71. The Kier molecular flexibility index (Phi) is 4.13. The lowest BCUT2D eigenvalue weighted by Gasteiger charge is -2.08. The second kappa shape index (κ2) is 5.85. The zero-order valence-corrected chi connectivity index (χ0v) is 11.1. The number of esters is 1. The predicted octanol–water partition coefficient (Wildman–Crippen LogP) is 3.64. The minimum Gasteiger partial charge on any atom is -0.423 e. The summed E-state index contributed by atoms with van der Waals surface area (Å²) in [5, 5.41) is 8.56. The lowest BCUT2D eigenvalue weighted by Crippen LogP contribution is -2.15. The summed E-state index contributed by atoms with van der Waals surface area (Å²) in [7, 11) is 0. The number of ether oxygens (including phenoxy) is 1. The summed E-state index contributed by atoms with van der Waals surface area (Å²) < 4.78 is 58.6. The maximum absolute atomic E-state index is 13.6. The molecule has 22 heavy (non-hydrogen) atoms. The van der Waals surface area contributed by atoms with Crippen LogP contribution in [0.15, 0.2) is 24.3 Å². The van der Waals surface area contributed by atoms with Crippen LogP contribution in [0.1, 0.15) is 21.5 Å². The molecular weight excluding hydrogens is 302 g/mol. The Morgan fingerprint density at radius 3 is 2.36 bits per heavy atom. The number of hydrogen-bond donors (Lipinski definition) is 0. The van der Waals surface area contributed by atoms with Crippen molar-refractivity contribution in [1.29, 1.82) is 5.26 Å². The van der Waals surface area contributed by atoms with Crippen molar-refractivity contribution in [3.63, 3.8) is 0 Å². The van der Waals surface area contributed by atoms with Gasteiger partial charge in [0.2, 0.25) is 0 Å². The highest BCUT2D eigenvalue weighted by molar-refractivity contribution is 5.91. The number of carbonyl (C=O) groups excluding carboxylic acids is 1. The molecule has 0 atom stereocenters. The Labute approximate surface area is 122 Å². The molecule has 0 aromatic heterocycles. The van der Waals surface area contributed by atoms with Gasteiger partial charge >= 0.3 is 5.97 Å². The molecule has 112 valence electrons. The van der Waals surface area contributed by atoms with Crippen molar-refractivity contribution < 1.29 is 27.1 Å². The molecule has 3 nitrogen and oxygen atoms in total. The predicted molar refractivity (Wildman–Crippen MR) is 67.1 cm³/mol. The molecule has 0 N–H and O–H groups in total. The minimum absolute atomic E-state index is 0.293. The molecule has 2 aromatic carbocycles. The summed E-state index contributed by atoms with van der Waals surface area (Å²) >= 11 is 0. The maximum Gasteiger partial charge on any atom is 0.349 e. The highest BCUT2D eigenvalue weighted by atomic mass is 19.2. The van der Waals surface area contributed by atoms with E-state index in [1.807, 2.05) is 0 Å². The van der Waals surface area contributed by atoms with Crippen LogP contribution in [0.4, 0.5) is 17.6 Å². The molecule has 0 saturated carbocycles. The number of carbonyl (C=O) groups is 1. The number of hydrogen-bond acceptors (Lipinski definition) is 3. The number of nitrogens with zero attached hydrogens (tertiary/aromatic N) is 1. The normalized spacial score (nSPS) is 10.2. The smallest absolute Gasteiger partial charge is 0.349 e. The third-order valence-electron chi connectivity index (χ3n) is 2.82. The third-order valence-corrected chi connectivity index (χ3v) is 2.82. The summed E-state index contributed by atoms with van der Waals surface area (Å²) in [6.45, 7) is 1.13. The molecule has 7 heteroatoms. The molecule has 0 aliphatic carbocycles. The molecular formula is C15H7F4NO2. The maximum atomic E-state index is 13.6. The fourth-order valence-corrected chi connectivity index (χ4v) is 1.71. The molecule has 0 saturated heterocycles. The number of halogens is 4. The summed E-state index contributed by atoms with van der Waals surface area (Å²) in [4.78, 5) is 11.7. The first-order valence-corrected chi connectivity index (χ1v) is 5.91. The Bertz CT molecular complexity index is 812. The summed E-state index contributed by atoms with van der Waals surface area (Å²) in [5.74, 6) is -7.21. The van der Waals surface area contributed by atoms with Crippen LogP contribution in [0, 0.1) is 41.5 Å². The van der Waals surface area contributed by atoms with Crippen molar-refractivity contribution in [2.75, 3.05) is 0 Å². The SMILES string of the molecule is Cc1cc(F)c(C(=O)Oc2ccc(C#N)c(F)c2)c(F)c1F. The van der Waals surface area contributed by atoms with E-state index in [1.165, 1.54) is 0 Å². The van der Waals surface area contributed by atoms with Crippen molar-refractivity contribution in [3.8, 4) is 11.8 Å². The third kappa shape index (κ3) is 2.76. The first kappa shape index (κ1) is 15.5. The van der Waals surface area contributed by atoms with Gasteiger partial charge in [0.1, 0.15) is 29.0 Å². The van der Waals surface area contributed by atoms with Gasteiger partial charge in [-0.2, -0.15) is 5.26 Å². The van der Waals surface area contributed by atoms with E-state index in [4.69, 9.17) is 5.26 Å². The van der Waals surface area contributed by atoms with Gasteiger partial charge in [-0.1, -0.05) is 0 Å². The first-order valence-electron chi connectivity index (χ1n) is 5.91. The first-order chi connectivity index (χ1) is 10.3. The van der Waals surface area contributed by atoms with Crippen LogP contribution in [-0.2, 0) is 0 Å². The van der Waals surface area contributed by atoms with Crippen molar-refractivity contribution in [3.05, 3.63) is 64.2 Å². The molecule has 2 aromatic rings. The van der Waals surface area contributed by atoms with Crippen LogP contribution < -0.4 is 4.74 Å². The van der Waals surface area contributed by atoms with Crippen molar-refractivity contribution in [2.45, 2.75) is 6.92 Å². The van der Waals surface area contributed by atoms with Gasteiger partial charge in [0.05, 0.1) is 5.56 Å². The Hall–Kier alpha value is -2.88. The molecule has 0 amide bonds. The van der Waals surface area contributed by atoms with Gasteiger partial charge < -0.3 is 4.74 Å². The zero-order chi connectivity index (χ0) is 16.4. The van der Waals surface area contributed by atoms with E-state index in [9.17, 15) is 22.4 Å². The van der Waals surface area contributed by atoms with Gasteiger partial charge in [0.25, 0.3) is 0 Å². The lowest BCUT2D eigenvalue weighted by molar-refractivity contribution is 0.0723. The van der Waals surface area contributed by atoms with Crippen molar-refractivity contribution in [2.24, 2.45) is 0 Å². The van der Waals surface area contributed by atoms with Gasteiger partial charge in [-0.15, -0.1) is 0 Å². The zero-order valence-electron chi connectivity index (χ0n) is 11.1. The Morgan fingerprint density at radius 2 is 1.77 bits per heavy atom. The largest absolute Gasteiger partial charge is 0.423 e. The lowest BCUT2D eigenvalue weighted by atomic mass is 10.1. The van der Waals surface area contributed by atoms with Crippen LogP contribution in [0.5, 0.6) is 5.75 Å². The second-order valence-electron chi connectivity index (χ2n) is 4.32. The number of rotatable bonds is 2. The standard InChI is InChI=1S/C15H7F4NO2/c1-7-4-11(17)12(14(19)13(7)18)15(21)22-9-3-2-8(6-20)10(16)5-9/h2-5H,1H3. The second-order valence-corrected chi connectivity index (χ2v) is 4.32. The van der Waals surface area contributed by atoms with Crippen molar-refractivity contribution in [1.82, 2.24) is 0 Å². The highest BCUT2D eigenvalue weighted by Gasteiger charge is 2.24. The molecule has 0 aliphatic heterocycles. The number of aryl methyl sites for hydroxylation is 1. The Morgan fingerprint density at radius 1 is 1.09 bits per heavy atom. The molecule has 0 fully saturated rings. The van der Waals surface area contributed by atoms with Gasteiger partial charge in [0.15, 0.2) is 11.6 Å². The molecule has 0 spiro atoms. The van der Waals surface area contributed by atoms with Crippen LogP contribution in [0.25, 0.3) is 0 Å². The summed E-state index contributed by atoms with van der Waals surface area (Å²) in [6.07, 6.45) is 0. The quantitative estimate of drug-likeness (QED) is 0.368. The van der Waals surface area contributed by atoms with E-state index in [0.717, 1.165) is 19.1 Å². The van der Waals surface area contributed by atoms with Gasteiger partial charge in [0, 0.05) is 6.07 Å². The summed E-state index contributed by atoms with van der Waals surface area (Å²) in [5.41, 5.74) is -1.82. The van der Waals surface area contributed by atoms with E-state index in [0.29, 0.717) is 12.1 Å². The summed E-state index contributed by atoms with van der Waals surface area (Å²) in [6, 6.07) is 5.00. The van der Waals surface area contributed by atoms with Crippen molar-refractivity contribution >= 4 is 5.97 Å². The van der Waals surface area contributed by atoms with Crippen LogP contribution >= 0.6 is 0 Å². The Balaban J connectivity index is 2.37. The van der Waals surface area contributed by atoms with E-state index in [-0.39, 0.29) is 16.9 Å². The van der Waals surface area contributed by atoms with Crippen LogP contribution in [-0.4, -0.2) is 5.97 Å². The van der Waals surface area contributed by atoms with E-state index in [1.54, 1.807) is 6.07 Å². The van der Waals surface area contributed by atoms with E-state index < -0.39 is 34.8 Å².